The van der Waals surface area contributed by atoms with Gasteiger partial charge in [-0.3, -0.25) is 9.69 Å². The Labute approximate surface area is 104 Å². The normalized spacial score (nSPS) is 24.6. The van der Waals surface area contributed by atoms with E-state index < -0.39 is 0 Å². The number of amides is 1. The van der Waals surface area contributed by atoms with Gasteiger partial charge in [0.15, 0.2) is 0 Å². The summed E-state index contributed by atoms with van der Waals surface area (Å²) in [5.74, 6) is 1.13. The first-order chi connectivity index (χ1) is 8.25. The lowest BCUT2D eigenvalue weighted by atomic mass is 9.99. The fraction of sp³-hybridized carbons (Fsp3) is 0.923. The largest absolute Gasteiger partial charge is 0.342 e. The van der Waals surface area contributed by atoms with Gasteiger partial charge in [-0.2, -0.15) is 0 Å². The molecule has 0 radical (unpaired) electrons. The quantitative estimate of drug-likeness (QED) is 0.764. The topological polar surface area (TPSA) is 35.6 Å². The molecule has 2 fully saturated rings. The summed E-state index contributed by atoms with van der Waals surface area (Å²) < 4.78 is 0. The minimum atomic E-state index is 0.332. The smallest absolute Gasteiger partial charge is 0.236 e. The Morgan fingerprint density at radius 2 is 1.94 bits per heavy atom. The molecule has 98 valence electrons. The van der Waals surface area contributed by atoms with E-state index >= 15 is 0 Å². The van der Waals surface area contributed by atoms with Crippen molar-refractivity contribution in [3.8, 4) is 0 Å². The highest BCUT2D eigenvalue weighted by atomic mass is 16.2. The predicted octanol–water partition coefficient (Wildman–Crippen LogP) is 0.540. The highest BCUT2D eigenvalue weighted by molar-refractivity contribution is 5.78. The average Bonchev–Trinajstić information content (AvgIpc) is 2.58. The first kappa shape index (κ1) is 12.8. The standard InChI is InChI=1S/C13H25N3O/c1-12-3-8-16(9-4-12)13(17)11-15-7-2-5-14-6-10-15/h12,14H,2-11H2,1H3. The van der Waals surface area contributed by atoms with Gasteiger partial charge in [-0.25, -0.2) is 0 Å². The Morgan fingerprint density at radius 3 is 2.71 bits per heavy atom. The Bertz CT molecular complexity index is 241. The van der Waals surface area contributed by atoms with Crippen LogP contribution >= 0.6 is 0 Å². The molecule has 0 aromatic rings. The van der Waals surface area contributed by atoms with Crippen molar-refractivity contribution in [1.82, 2.24) is 15.1 Å². The van der Waals surface area contributed by atoms with Crippen LogP contribution in [0.25, 0.3) is 0 Å². The van der Waals surface area contributed by atoms with Crippen molar-refractivity contribution in [2.45, 2.75) is 26.2 Å². The lowest BCUT2D eigenvalue weighted by Crippen LogP contribution is -2.44. The van der Waals surface area contributed by atoms with E-state index in [1.807, 2.05) is 0 Å². The number of hydrogen-bond acceptors (Lipinski definition) is 3. The number of nitrogens with one attached hydrogen (secondary N) is 1. The summed E-state index contributed by atoms with van der Waals surface area (Å²) in [5, 5.41) is 3.37. The van der Waals surface area contributed by atoms with E-state index in [-0.39, 0.29) is 0 Å². The molecule has 0 atom stereocenters. The summed E-state index contributed by atoms with van der Waals surface area (Å²) in [4.78, 5) is 16.5. The minimum absolute atomic E-state index is 0.332. The van der Waals surface area contributed by atoms with Crippen LogP contribution in [0.15, 0.2) is 0 Å². The zero-order valence-electron chi connectivity index (χ0n) is 11.0. The summed E-state index contributed by atoms with van der Waals surface area (Å²) in [6, 6.07) is 0. The molecular formula is C13H25N3O. The molecule has 0 aromatic carbocycles. The van der Waals surface area contributed by atoms with Gasteiger partial charge in [-0.05, 0) is 38.3 Å². The summed E-state index contributed by atoms with van der Waals surface area (Å²) in [7, 11) is 0. The van der Waals surface area contributed by atoms with E-state index in [2.05, 4.69) is 22.0 Å². The molecule has 2 heterocycles. The molecule has 0 unspecified atom stereocenters. The molecule has 0 aliphatic carbocycles. The molecule has 17 heavy (non-hydrogen) atoms. The SMILES string of the molecule is CC1CCN(C(=O)CN2CCCNCC2)CC1. The number of nitrogens with zero attached hydrogens (tertiary/aromatic N) is 2. The molecule has 1 amide bonds. The van der Waals surface area contributed by atoms with Crippen LogP contribution < -0.4 is 5.32 Å². The minimum Gasteiger partial charge on any atom is -0.342 e. The average molecular weight is 239 g/mol. The van der Waals surface area contributed by atoms with E-state index in [1.165, 1.54) is 12.8 Å². The molecule has 2 aliphatic heterocycles. The lowest BCUT2D eigenvalue weighted by molar-refractivity contribution is -0.133. The van der Waals surface area contributed by atoms with Crippen LogP contribution in [-0.4, -0.2) is 61.5 Å². The van der Waals surface area contributed by atoms with Crippen LogP contribution in [0.3, 0.4) is 0 Å². The number of carbonyl (C=O) groups excluding carboxylic acids is 1. The van der Waals surface area contributed by atoms with Crippen molar-refractivity contribution in [2.75, 3.05) is 45.8 Å². The van der Waals surface area contributed by atoms with Crippen LogP contribution in [-0.2, 0) is 4.79 Å². The Kier molecular flexibility index (Phi) is 4.80. The van der Waals surface area contributed by atoms with Crippen LogP contribution in [0.4, 0.5) is 0 Å². The predicted molar refractivity (Wildman–Crippen MR) is 68.9 cm³/mol. The van der Waals surface area contributed by atoms with Crippen molar-refractivity contribution in [3.05, 3.63) is 0 Å². The van der Waals surface area contributed by atoms with E-state index in [4.69, 9.17) is 0 Å². The second kappa shape index (κ2) is 6.36. The van der Waals surface area contributed by atoms with Crippen LogP contribution in [0.1, 0.15) is 26.2 Å². The highest BCUT2D eigenvalue weighted by Gasteiger charge is 2.22. The van der Waals surface area contributed by atoms with Gasteiger partial charge in [-0.1, -0.05) is 6.92 Å². The van der Waals surface area contributed by atoms with Gasteiger partial charge in [0.25, 0.3) is 0 Å². The Hall–Kier alpha value is -0.610. The zero-order valence-corrected chi connectivity index (χ0v) is 11.0. The van der Waals surface area contributed by atoms with Gasteiger partial charge in [0.2, 0.25) is 5.91 Å². The number of likely N-dealkylation sites (tertiary alicyclic amines) is 1. The summed E-state index contributed by atoms with van der Waals surface area (Å²) in [6.45, 7) is 9.01. The number of hydrogen-bond donors (Lipinski definition) is 1. The van der Waals surface area contributed by atoms with E-state index in [1.54, 1.807) is 0 Å². The van der Waals surface area contributed by atoms with Gasteiger partial charge in [-0.15, -0.1) is 0 Å². The van der Waals surface area contributed by atoms with Crippen molar-refractivity contribution in [2.24, 2.45) is 5.92 Å². The van der Waals surface area contributed by atoms with Gasteiger partial charge in [0, 0.05) is 26.2 Å². The summed E-state index contributed by atoms with van der Waals surface area (Å²) >= 11 is 0. The molecule has 2 rings (SSSR count). The highest BCUT2D eigenvalue weighted by Crippen LogP contribution is 2.16. The van der Waals surface area contributed by atoms with Crippen LogP contribution in [0.2, 0.25) is 0 Å². The third-order valence-electron chi connectivity index (χ3n) is 3.93. The molecule has 0 aromatic heterocycles. The van der Waals surface area contributed by atoms with Crippen LogP contribution in [0.5, 0.6) is 0 Å². The van der Waals surface area contributed by atoms with E-state index in [0.717, 1.165) is 51.6 Å². The lowest BCUT2D eigenvalue weighted by Gasteiger charge is -2.32. The molecule has 2 aliphatic rings. The fourth-order valence-corrected chi connectivity index (χ4v) is 2.61. The fourth-order valence-electron chi connectivity index (χ4n) is 2.61. The monoisotopic (exact) mass is 239 g/mol. The Balaban J connectivity index is 1.75. The van der Waals surface area contributed by atoms with Crippen molar-refractivity contribution < 1.29 is 4.79 Å². The van der Waals surface area contributed by atoms with Gasteiger partial charge < -0.3 is 10.2 Å². The first-order valence-corrected chi connectivity index (χ1v) is 6.96. The molecule has 0 saturated carbocycles. The number of carbonyl (C=O) groups is 1. The molecule has 4 nitrogen and oxygen atoms in total. The second-order valence-electron chi connectivity index (χ2n) is 5.44. The van der Waals surface area contributed by atoms with Gasteiger partial charge in [0.1, 0.15) is 0 Å². The molecular weight excluding hydrogens is 214 g/mol. The molecule has 2 saturated heterocycles. The van der Waals surface area contributed by atoms with Crippen LogP contribution in [0, 0.1) is 5.92 Å². The zero-order chi connectivity index (χ0) is 12.1. The molecule has 0 spiro atoms. The van der Waals surface area contributed by atoms with Crippen molar-refractivity contribution in [3.63, 3.8) is 0 Å². The van der Waals surface area contributed by atoms with Gasteiger partial charge in [0.05, 0.1) is 6.54 Å². The first-order valence-electron chi connectivity index (χ1n) is 6.96. The number of piperidine rings is 1. The maximum atomic E-state index is 12.1. The van der Waals surface area contributed by atoms with E-state index in [0.29, 0.717) is 12.5 Å². The van der Waals surface area contributed by atoms with Gasteiger partial charge >= 0.3 is 0 Å². The summed E-state index contributed by atoms with van der Waals surface area (Å²) in [6.07, 6.45) is 3.50. The van der Waals surface area contributed by atoms with E-state index in [9.17, 15) is 4.79 Å². The van der Waals surface area contributed by atoms with Crippen molar-refractivity contribution in [1.29, 1.82) is 0 Å². The maximum absolute atomic E-state index is 12.1. The van der Waals surface area contributed by atoms with Crippen molar-refractivity contribution >= 4 is 5.91 Å². The maximum Gasteiger partial charge on any atom is 0.236 e. The third kappa shape index (κ3) is 3.96. The third-order valence-corrected chi connectivity index (χ3v) is 3.93. The summed E-state index contributed by atoms with van der Waals surface area (Å²) in [5.41, 5.74) is 0. The Morgan fingerprint density at radius 1 is 1.18 bits per heavy atom. The molecule has 1 N–H and O–H groups in total. The second-order valence-corrected chi connectivity index (χ2v) is 5.44. The molecule has 0 bridgehead atoms. The molecule has 4 heteroatoms. The number of rotatable bonds is 2.